The van der Waals surface area contributed by atoms with Crippen molar-refractivity contribution in [2.24, 2.45) is 4.99 Å². The standard InChI is InChI=1S/C7H10ClN/c1-5(8)7-3-4-9-6(7)2/h3-4H2,1-2H3. The SMILES string of the molecule is CC1=NCCC1=C(C)Cl. The van der Waals surface area contributed by atoms with Crippen molar-refractivity contribution >= 4 is 17.3 Å². The molecule has 0 atom stereocenters. The van der Waals surface area contributed by atoms with Crippen molar-refractivity contribution in [3.63, 3.8) is 0 Å². The fraction of sp³-hybridized carbons (Fsp3) is 0.571. The average molecular weight is 144 g/mol. The number of halogens is 1. The minimum absolute atomic E-state index is 0.897. The van der Waals surface area contributed by atoms with Gasteiger partial charge in [-0.2, -0.15) is 0 Å². The van der Waals surface area contributed by atoms with E-state index in [2.05, 4.69) is 4.99 Å². The van der Waals surface area contributed by atoms with Crippen LogP contribution in [0.2, 0.25) is 0 Å². The van der Waals surface area contributed by atoms with Gasteiger partial charge >= 0.3 is 0 Å². The molecule has 0 N–H and O–H groups in total. The molecule has 0 unspecified atom stereocenters. The number of allylic oxidation sites excluding steroid dienone is 1. The van der Waals surface area contributed by atoms with Gasteiger partial charge in [-0.15, -0.1) is 0 Å². The van der Waals surface area contributed by atoms with E-state index in [1.807, 2.05) is 13.8 Å². The summed E-state index contributed by atoms with van der Waals surface area (Å²) in [5, 5.41) is 0.897. The zero-order chi connectivity index (χ0) is 6.85. The van der Waals surface area contributed by atoms with Crippen molar-refractivity contribution in [2.75, 3.05) is 6.54 Å². The summed E-state index contributed by atoms with van der Waals surface area (Å²) in [5.74, 6) is 0. The highest BCUT2D eigenvalue weighted by molar-refractivity contribution is 6.31. The van der Waals surface area contributed by atoms with E-state index >= 15 is 0 Å². The van der Waals surface area contributed by atoms with Crippen LogP contribution < -0.4 is 0 Å². The highest BCUT2D eigenvalue weighted by Crippen LogP contribution is 2.18. The molecule has 0 saturated heterocycles. The molecule has 1 nitrogen and oxygen atoms in total. The normalized spacial score (nSPS) is 24.1. The second-order valence-electron chi connectivity index (χ2n) is 2.23. The highest BCUT2D eigenvalue weighted by atomic mass is 35.5. The largest absolute Gasteiger partial charge is 0.289 e. The van der Waals surface area contributed by atoms with Crippen molar-refractivity contribution in [1.82, 2.24) is 0 Å². The quantitative estimate of drug-likeness (QED) is 0.494. The Morgan fingerprint density at radius 3 is 2.56 bits per heavy atom. The fourth-order valence-electron chi connectivity index (χ4n) is 1.03. The molecular formula is C7H10ClN. The van der Waals surface area contributed by atoms with E-state index in [0.717, 1.165) is 23.7 Å². The van der Waals surface area contributed by atoms with Crippen LogP contribution >= 0.6 is 11.6 Å². The Morgan fingerprint density at radius 1 is 1.67 bits per heavy atom. The zero-order valence-corrected chi connectivity index (χ0v) is 6.50. The van der Waals surface area contributed by atoms with Gasteiger partial charge in [0.15, 0.2) is 0 Å². The third-order valence-corrected chi connectivity index (χ3v) is 1.79. The van der Waals surface area contributed by atoms with Gasteiger partial charge in [0.05, 0.1) is 0 Å². The summed E-state index contributed by atoms with van der Waals surface area (Å²) < 4.78 is 0. The summed E-state index contributed by atoms with van der Waals surface area (Å²) in [6.45, 7) is 4.85. The number of hydrogen-bond donors (Lipinski definition) is 0. The summed E-state index contributed by atoms with van der Waals surface area (Å²) in [6, 6.07) is 0. The minimum Gasteiger partial charge on any atom is -0.289 e. The fourth-order valence-corrected chi connectivity index (χ4v) is 1.26. The van der Waals surface area contributed by atoms with Crippen molar-refractivity contribution < 1.29 is 0 Å². The van der Waals surface area contributed by atoms with E-state index in [1.165, 1.54) is 5.57 Å². The first-order valence-corrected chi connectivity index (χ1v) is 3.46. The molecule has 0 saturated carbocycles. The van der Waals surface area contributed by atoms with Crippen LogP contribution in [0.25, 0.3) is 0 Å². The van der Waals surface area contributed by atoms with E-state index in [4.69, 9.17) is 11.6 Å². The number of aliphatic imine (C=N–C) groups is 1. The van der Waals surface area contributed by atoms with Gasteiger partial charge in [0.1, 0.15) is 0 Å². The number of nitrogens with zero attached hydrogens (tertiary/aromatic N) is 1. The molecule has 50 valence electrons. The Hall–Kier alpha value is -0.300. The maximum atomic E-state index is 5.78. The first-order valence-electron chi connectivity index (χ1n) is 3.08. The van der Waals surface area contributed by atoms with Crippen LogP contribution in [0.4, 0.5) is 0 Å². The Morgan fingerprint density at radius 2 is 2.33 bits per heavy atom. The van der Waals surface area contributed by atoms with Gasteiger partial charge in [0, 0.05) is 17.3 Å². The third kappa shape index (κ3) is 1.33. The van der Waals surface area contributed by atoms with Gasteiger partial charge in [-0.25, -0.2) is 0 Å². The van der Waals surface area contributed by atoms with Gasteiger partial charge in [0.25, 0.3) is 0 Å². The van der Waals surface area contributed by atoms with Gasteiger partial charge in [0.2, 0.25) is 0 Å². The lowest BCUT2D eigenvalue weighted by atomic mass is 10.1. The van der Waals surface area contributed by atoms with Gasteiger partial charge < -0.3 is 0 Å². The molecule has 0 spiro atoms. The monoisotopic (exact) mass is 143 g/mol. The van der Waals surface area contributed by atoms with E-state index in [0.29, 0.717) is 0 Å². The molecule has 0 aromatic rings. The van der Waals surface area contributed by atoms with Crippen LogP contribution in [0.3, 0.4) is 0 Å². The predicted molar refractivity (Wildman–Crippen MR) is 41.1 cm³/mol. The summed E-state index contributed by atoms with van der Waals surface area (Å²) in [7, 11) is 0. The van der Waals surface area contributed by atoms with Gasteiger partial charge in [-0.1, -0.05) is 11.6 Å². The molecule has 0 aliphatic carbocycles. The maximum Gasteiger partial charge on any atom is 0.0434 e. The lowest BCUT2D eigenvalue weighted by molar-refractivity contribution is 1.04. The van der Waals surface area contributed by atoms with Crippen LogP contribution in [0.15, 0.2) is 15.6 Å². The van der Waals surface area contributed by atoms with Gasteiger partial charge in [-0.05, 0) is 25.8 Å². The minimum atomic E-state index is 0.897. The van der Waals surface area contributed by atoms with Crippen molar-refractivity contribution in [3.8, 4) is 0 Å². The number of rotatable bonds is 0. The molecule has 1 aliphatic heterocycles. The molecule has 0 amide bonds. The molecule has 9 heavy (non-hydrogen) atoms. The Balaban J connectivity index is 2.87. The first-order chi connectivity index (χ1) is 4.22. The van der Waals surface area contributed by atoms with E-state index < -0.39 is 0 Å². The summed E-state index contributed by atoms with van der Waals surface area (Å²) >= 11 is 5.78. The smallest absolute Gasteiger partial charge is 0.0434 e. The summed E-state index contributed by atoms with van der Waals surface area (Å²) in [4.78, 5) is 4.21. The van der Waals surface area contributed by atoms with Crippen LogP contribution in [-0.4, -0.2) is 12.3 Å². The second-order valence-corrected chi connectivity index (χ2v) is 2.80. The molecule has 0 bridgehead atoms. The van der Waals surface area contributed by atoms with Crippen molar-refractivity contribution in [3.05, 3.63) is 10.6 Å². The predicted octanol–water partition coefficient (Wildman–Crippen LogP) is 2.36. The highest BCUT2D eigenvalue weighted by Gasteiger charge is 2.09. The molecule has 0 aromatic heterocycles. The van der Waals surface area contributed by atoms with Crippen LogP contribution in [0, 0.1) is 0 Å². The van der Waals surface area contributed by atoms with Crippen molar-refractivity contribution in [1.29, 1.82) is 0 Å². The molecule has 0 aromatic carbocycles. The number of hydrogen-bond acceptors (Lipinski definition) is 1. The zero-order valence-electron chi connectivity index (χ0n) is 5.74. The van der Waals surface area contributed by atoms with E-state index in [-0.39, 0.29) is 0 Å². The first kappa shape index (κ1) is 6.81. The van der Waals surface area contributed by atoms with Crippen LogP contribution in [-0.2, 0) is 0 Å². The molecular weight excluding hydrogens is 134 g/mol. The lowest BCUT2D eigenvalue weighted by Crippen LogP contribution is -1.90. The third-order valence-electron chi connectivity index (χ3n) is 1.56. The topological polar surface area (TPSA) is 12.4 Å². The lowest BCUT2D eigenvalue weighted by Gasteiger charge is -1.95. The van der Waals surface area contributed by atoms with E-state index in [9.17, 15) is 0 Å². The molecule has 1 heterocycles. The molecule has 1 aliphatic rings. The Bertz CT molecular complexity index is 169. The molecule has 2 heteroatoms. The van der Waals surface area contributed by atoms with Gasteiger partial charge in [-0.3, -0.25) is 4.99 Å². The van der Waals surface area contributed by atoms with Crippen LogP contribution in [0.1, 0.15) is 20.3 Å². The van der Waals surface area contributed by atoms with Crippen LogP contribution in [0.5, 0.6) is 0 Å². The maximum absolute atomic E-state index is 5.78. The Labute approximate surface area is 60.4 Å². The average Bonchev–Trinajstić information content (AvgIpc) is 2.13. The summed E-state index contributed by atoms with van der Waals surface area (Å²) in [5.41, 5.74) is 2.35. The van der Waals surface area contributed by atoms with E-state index in [1.54, 1.807) is 0 Å². The second kappa shape index (κ2) is 2.53. The Kier molecular flexibility index (Phi) is 1.91. The summed E-state index contributed by atoms with van der Waals surface area (Å²) in [6.07, 6.45) is 1.03. The molecule has 0 fully saturated rings. The molecule has 0 radical (unpaired) electrons. The van der Waals surface area contributed by atoms with Crippen molar-refractivity contribution in [2.45, 2.75) is 20.3 Å². The molecule has 1 rings (SSSR count).